The number of ether oxygens (including phenoxy) is 4. The number of carbonyl (C=O) groups excluding carboxylic acids is 1. The topological polar surface area (TPSA) is 83.8 Å². The van der Waals surface area contributed by atoms with Crippen LogP contribution in [0.1, 0.15) is 25.5 Å². The van der Waals surface area contributed by atoms with Crippen LogP contribution in [-0.2, 0) is 9.53 Å². The smallest absolute Gasteiger partial charge is 0.338 e. The molecule has 1 atom stereocenters. The van der Waals surface area contributed by atoms with E-state index in [0.29, 0.717) is 34.5 Å². The second-order valence-electron chi connectivity index (χ2n) is 7.03. The summed E-state index contributed by atoms with van der Waals surface area (Å²) in [7, 11) is 4.72. The van der Waals surface area contributed by atoms with Gasteiger partial charge in [0, 0.05) is 17.3 Å². The number of hydrogen-bond donors (Lipinski definition) is 1. The monoisotopic (exact) mass is 423 g/mol. The Balaban J connectivity index is 2.04. The van der Waals surface area contributed by atoms with Crippen LogP contribution in [-0.4, -0.2) is 43.5 Å². The van der Waals surface area contributed by atoms with Crippen molar-refractivity contribution in [2.45, 2.75) is 19.9 Å². The molecule has 0 spiro atoms. The molecule has 162 valence electrons. The lowest BCUT2D eigenvalue weighted by atomic mass is 9.93. The van der Waals surface area contributed by atoms with E-state index in [0.717, 1.165) is 16.6 Å². The van der Waals surface area contributed by atoms with Crippen LogP contribution < -0.4 is 19.5 Å². The van der Waals surface area contributed by atoms with Crippen molar-refractivity contribution in [2.24, 2.45) is 0 Å². The fourth-order valence-corrected chi connectivity index (χ4v) is 4.00. The van der Waals surface area contributed by atoms with Gasteiger partial charge in [-0.2, -0.15) is 0 Å². The second-order valence-corrected chi connectivity index (χ2v) is 7.03. The maximum absolute atomic E-state index is 13.1. The van der Waals surface area contributed by atoms with Gasteiger partial charge in [-0.3, -0.25) is 4.57 Å². The van der Waals surface area contributed by atoms with E-state index in [4.69, 9.17) is 23.9 Å². The number of benzene rings is 2. The predicted molar refractivity (Wildman–Crippen MR) is 117 cm³/mol. The summed E-state index contributed by atoms with van der Waals surface area (Å²) in [4.78, 5) is 17.8. The van der Waals surface area contributed by atoms with E-state index < -0.39 is 12.0 Å². The van der Waals surface area contributed by atoms with E-state index in [-0.39, 0.29) is 6.61 Å². The molecule has 1 N–H and O–H groups in total. The van der Waals surface area contributed by atoms with Gasteiger partial charge in [0.15, 0.2) is 11.5 Å². The van der Waals surface area contributed by atoms with Gasteiger partial charge in [0.05, 0.1) is 50.6 Å². The number of para-hydroxylation sites is 2. The molecular formula is C23H25N3O5. The highest BCUT2D eigenvalue weighted by molar-refractivity contribution is 5.94. The molecule has 0 aliphatic carbocycles. The van der Waals surface area contributed by atoms with Gasteiger partial charge in [0.2, 0.25) is 5.95 Å². The van der Waals surface area contributed by atoms with E-state index in [1.807, 2.05) is 41.8 Å². The minimum atomic E-state index is -0.544. The first-order chi connectivity index (χ1) is 15.0. The van der Waals surface area contributed by atoms with Crippen LogP contribution in [0.2, 0.25) is 0 Å². The van der Waals surface area contributed by atoms with Gasteiger partial charge in [0.25, 0.3) is 0 Å². The Hall–Kier alpha value is -3.68. The molecule has 0 unspecified atom stereocenters. The largest absolute Gasteiger partial charge is 0.496 e. The molecule has 1 aromatic heterocycles. The van der Waals surface area contributed by atoms with Gasteiger partial charge in [-0.1, -0.05) is 12.1 Å². The molecule has 31 heavy (non-hydrogen) atoms. The summed E-state index contributed by atoms with van der Waals surface area (Å²) in [6, 6.07) is 10.8. The zero-order valence-corrected chi connectivity index (χ0v) is 18.2. The van der Waals surface area contributed by atoms with Crippen molar-refractivity contribution in [1.29, 1.82) is 0 Å². The SMILES string of the molecule is CCOC(=O)C1=C(C)Nc2nc3ccccc3n2[C@@H]1c1cc(OC)c(OC)cc1OC. The molecule has 0 saturated heterocycles. The first-order valence-electron chi connectivity index (χ1n) is 9.95. The Bertz CT molecular complexity index is 1180. The van der Waals surface area contributed by atoms with E-state index in [1.54, 1.807) is 34.3 Å². The normalized spacial score (nSPS) is 15.3. The number of rotatable bonds is 6. The zero-order chi connectivity index (χ0) is 22.1. The molecule has 8 nitrogen and oxygen atoms in total. The van der Waals surface area contributed by atoms with E-state index >= 15 is 0 Å². The lowest BCUT2D eigenvalue weighted by Gasteiger charge is -2.31. The number of nitrogens with zero attached hydrogens (tertiary/aromatic N) is 2. The minimum absolute atomic E-state index is 0.267. The molecule has 0 amide bonds. The maximum Gasteiger partial charge on any atom is 0.338 e. The molecule has 0 saturated carbocycles. The number of methoxy groups -OCH3 is 3. The summed E-state index contributed by atoms with van der Waals surface area (Å²) >= 11 is 0. The Kier molecular flexibility index (Phi) is 5.46. The van der Waals surface area contributed by atoms with E-state index in [9.17, 15) is 4.79 Å². The van der Waals surface area contributed by atoms with Crippen molar-refractivity contribution in [3.8, 4) is 17.2 Å². The van der Waals surface area contributed by atoms with Crippen molar-refractivity contribution in [3.05, 3.63) is 53.2 Å². The zero-order valence-electron chi connectivity index (χ0n) is 18.2. The summed E-state index contributed by atoms with van der Waals surface area (Å²) in [5.41, 5.74) is 3.56. The fraction of sp³-hybridized carbons (Fsp3) is 0.304. The first kappa shape index (κ1) is 20.6. The molecule has 1 aliphatic rings. The quantitative estimate of drug-likeness (QED) is 0.602. The predicted octanol–water partition coefficient (Wildman–Crippen LogP) is 3.91. The third-order valence-corrected chi connectivity index (χ3v) is 5.36. The van der Waals surface area contributed by atoms with E-state index in [2.05, 4.69) is 5.32 Å². The molecule has 2 aromatic carbocycles. The third kappa shape index (κ3) is 3.34. The van der Waals surface area contributed by atoms with Crippen LogP contribution in [0.5, 0.6) is 17.2 Å². The summed E-state index contributed by atoms with van der Waals surface area (Å²) < 4.78 is 24.1. The molecular weight excluding hydrogens is 398 g/mol. The number of hydrogen-bond acceptors (Lipinski definition) is 7. The highest BCUT2D eigenvalue weighted by Gasteiger charge is 2.37. The third-order valence-electron chi connectivity index (χ3n) is 5.36. The lowest BCUT2D eigenvalue weighted by molar-refractivity contribution is -0.139. The second kappa shape index (κ2) is 8.22. The van der Waals surface area contributed by atoms with Crippen molar-refractivity contribution in [2.75, 3.05) is 33.3 Å². The number of nitrogens with one attached hydrogen (secondary N) is 1. The Morgan fingerprint density at radius 2 is 1.74 bits per heavy atom. The van der Waals surface area contributed by atoms with Gasteiger partial charge in [-0.05, 0) is 32.0 Å². The van der Waals surface area contributed by atoms with Crippen LogP contribution in [0.3, 0.4) is 0 Å². The fourth-order valence-electron chi connectivity index (χ4n) is 4.00. The summed E-state index contributed by atoms with van der Waals surface area (Å²) in [6.07, 6.45) is 0. The summed E-state index contributed by atoms with van der Waals surface area (Å²) in [5.74, 6) is 1.85. The van der Waals surface area contributed by atoms with Gasteiger partial charge in [0.1, 0.15) is 5.75 Å². The molecule has 4 rings (SSSR count). The Morgan fingerprint density at radius 3 is 2.42 bits per heavy atom. The van der Waals surface area contributed by atoms with Crippen molar-refractivity contribution >= 4 is 23.0 Å². The standard InChI is InChI=1S/C23H25N3O5/c1-6-31-22(27)20-13(2)24-23-25-15-9-7-8-10-16(15)26(23)21(20)14-11-18(29-4)19(30-5)12-17(14)28-3/h7-12,21H,6H2,1-5H3,(H,24,25)/t21-/m1/s1. The number of esters is 1. The lowest BCUT2D eigenvalue weighted by Crippen LogP contribution is -2.29. The molecule has 2 heterocycles. The number of anilines is 1. The Morgan fingerprint density at radius 1 is 1.06 bits per heavy atom. The van der Waals surface area contributed by atoms with E-state index in [1.165, 1.54) is 0 Å². The molecule has 0 fully saturated rings. The molecule has 0 radical (unpaired) electrons. The number of allylic oxidation sites excluding steroid dienone is 1. The average Bonchev–Trinajstić information content (AvgIpc) is 3.15. The van der Waals surface area contributed by atoms with Crippen LogP contribution in [0.25, 0.3) is 11.0 Å². The van der Waals surface area contributed by atoms with Crippen molar-refractivity contribution in [3.63, 3.8) is 0 Å². The van der Waals surface area contributed by atoms with Gasteiger partial charge in [-0.15, -0.1) is 0 Å². The highest BCUT2D eigenvalue weighted by Crippen LogP contribution is 2.45. The number of carbonyl (C=O) groups is 1. The van der Waals surface area contributed by atoms with Crippen LogP contribution >= 0.6 is 0 Å². The van der Waals surface area contributed by atoms with Gasteiger partial charge in [-0.25, -0.2) is 9.78 Å². The number of fused-ring (bicyclic) bond motifs is 3. The number of imidazole rings is 1. The van der Waals surface area contributed by atoms with Crippen molar-refractivity contribution in [1.82, 2.24) is 9.55 Å². The first-order valence-corrected chi connectivity index (χ1v) is 9.95. The summed E-state index contributed by atoms with van der Waals surface area (Å²) in [5, 5.41) is 3.26. The van der Waals surface area contributed by atoms with Crippen LogP contribution in [0.15, 0.2) is 47.7 Å². The van der Waals surface area contributed by atoms with Crippen LogP contribution in [0, 0.1) is 0 Å². The minimum Gasteiger partial charge on any atom is -0.496 e. The van der Waals surface area contributed by atoms with Crippen molar-refractivity contribution < 1.29 is 23.7 Å². The molecule has 8 heteroatoms. The highest BCUT2D eigenvalue weighted by atomic mass is 16.5. The molecule has 1 aliphatic heterocycles. The number of aromatic nitrogens is 2. The molecule has 0 bridgehead atoms. The maximum atomic E-state index is 13.1. The average molecular weight is 423 g/mol. The summed E-state index contributed by atoms with van der Waals surface area (Å²) in [6.45, 7) is 3.90. The molecule has 3 aromatic rings. The van der Waals surface area contributed by atoms with Gasteiger partial charge < -0.3 is 24.3 Å². The van der Waals surface area contributed by atoms with Gasteiger partial charge >= 0.3 is 5.97 Å². The van der Waals surface area contributed by atoms with Crippen LogP contribution in [0.4, 0.5) is 5.95 Å². The Labute approximate surface area is 180 Å².